The van der Waals surface area contributed by atoms with E-state index in [1.165, 1.54) is 0 Å². The maximum Gasteiger partial charge on any atom is 0.390 e. The number of nitrogens with zero attached hydrogens (tertiary/aromatic N) is 5. The molecule has 0 radical (unpaired) electrons. The molecule has 2 aliphatic rings. The van der Waals surface area contributed by atoms with Gasteiger partial charge >= 0.3 is 6.18 Å². The average molecular weight is 361 g/mol. The molecule has 2 saturated heterocycles. The lowest BCUT2D eigenvalue weighted by atomic mass is 9.97. The summed E-state index contributed by atoms with van der Waals surface area (Å²) in [4.78, 5) is 4.19. The molecule has 1 unspecified atom stereocenters. The number of aromatic nitrogens is 3. The Morgan fingerprint density at radius 1 is 1.12 bits per heavy atom. The van der Waals surface area contributed by atoms with Crippen molar-refractivity contribution in [3.05, 3.63) is 11.6 Å². The Hall–Kier alpha value is -1.19. The summed E-state index contributed by atoms with van der Waals surface area (Å²) in [5.41, 5.74) is 0. The van der Waals surface area contributed by atoms with Gasteiger partial charge in [-0.1, -0.05) is 0 Å². The maximum atomic E-state index is 12.5. The van der Waals surface area contributed by atoms with Crippen molar-refractivity contribution in [3.8, 4) is 0 Å². The van der Waals surface area contributed by atoms with Gasteiger partial charge in [0.1, 0.15) is 11.6 Å². The van der Waals surface area contributed by atoms with Gasteiger partial charge in [0.05, 0.1) is 26.2 Å². The second-order valence-electron chi connectivity index (χ2n) is 6.93. The largest absolute Gasteiger partial charge is 0.390 e. The van der Waals surface area contributed by atoms with Gasteiger partial charge in [-0.25, -0.2) is 0 Å². The van der Waals surface area contributed by atoms with Crippen molar-refractivity contribution in [2.24, 2.45) is 7.05 Å². The normalized spacial score (nSPS) is 23.9. The van der Waals surface area contributed by atoms with E-state index in [9.17, 15) is 13.2 Å². The van der Waals surface area contributed by atoms with Crippen LogP contribution in [0.5, 0.6) is 0 Å². The second kappa shape index (κ2) is 8.01. The fourth-order valence-corrected chi connectivity index (χ4v) is 3.58. The van der Waals surface area contributed by atoms with Crippen molar-refractivity contribution >= 4 is 0 Å². The van der Waals surface area contributed by atoms with Crippen molar-refractivity contribution < 1.29 is 17.9 Å². The second-order valence-corrected chi connectivity index (χ2v) is 6.93. The van der Waals surface area contributed by atoms with E-state index in [1.54, 1.807) is 0 Å². The highest BCUT2D eigenvalue weighted by Gasteiger charge is 2.31. The lowest BCUT2D eigenvalue weighted by molar-refractivity contribution is -0.138. The first-order chi connectivity index (χ1) is 11.9. The number of halogens is 3. The SMILES string of the molecule is Cn1c(CN2CCOCC2)nnc1C1CCCN(CCC(F)(F)F)C1. The van der Waals surface area contributed by atoms with E-state index in [0.29, 0.717) is 6.54 Å². The van der Waals surface area contributed by atoms with Crippen LogP contribution in [0.15, 0.2) is 0 Å². The molecule has 6 nitrogen and oxygen atoms in total. The van der Waals surface area contributed by atoms with Crippen LogP contribution in [-0.4, -0.2) is 76.7 Å². The number of rotatable bonds is 5. The summed E-state index contributed by atoms with van der Waals surface area (Å²) in [5, 5.41) is 8.68. The molecule has 1 aromatic rings. The summed E-state index contributed by atoms with van der Waals surface area (Å²) < 4.78 is 44.7. The lowest BCUT2D eigenvalue weighted by Crippen LogP contribution is -2.37. The van der Waals surface area contributed by atoms with Crippen molar-refractivity contribution in [2.45, 2.75) is 37.9 Å². The number of morpholine rings is 1. The first kappa shape index (κ1) is 18.6. The topological polar surface area (TPSA) is 46.4 Å². The van der Waals surface area contributed by atoms with Crippen molar-refractivity contribution in [1.82, 2.24) is 24.6 Å². The minimum Gasteiger partial charge on any atom is -0.379 e. The first-order valence-electron chi connectivity index (χ1n) is 8.90. The van der Waals surface area contributed by atoms with Gasteiger partial charge in [-0.2, -0.15) is 13.2 Å². The fraction of sp³-hybridized carbons (Fsp3) is 0.875. The third-order valence-corrected chi connectivity index (χ3v) is 5.05. The van der Waals surface area contributed by atoms with Crippen LogP contribution in [0.1, 0.15) is 36.8 Å². The molecular weight excluding hydrogens is 335 g/mol. The van der Waals surface area contributed by atoms with E-state index in [4.69, 9.17) is 4.74 Å². The van der Waals surface area contributed by atoms with Crippen LogP contribution in [-0.2, 0) is 18.3 Å². The number of ether oxygens (including phenoxy) is 1. The van der Waals surface area contributed by atoms with Gasteiger partial charge in [0.15, 0.2) is 0 Å². The number of hydrogen-bond donors (Lipinski definition) is 0. The summed E-state index contributed by atoms with van der Waals surface area (Å²) in [6, 6.07) is 0. The Labute approximate surface area is 145 Å². The number of likely N-dealkylation sites (tertiary alicyclic amines) is 1. The summed E-state index contributed by atoms with van der Waals surface area (Å²) in [5.74, 6) is 1.95. The molecule has 3 rings (SSSR count). The van der Waals surface area contributed by atoms with Gasteiger partial charge in [0.2, 0.25) is 0 Å². The Bertz CT molecular complexity index is 556. The van der Waals surface area contributed by atoms with Gasteiger partial charge in [-0.15, -0.1) is 10.2 Å². The molecular formula is C16H26F3N5O. The van der Waals surface area contributed by atoms with Crippen LogP contribution in [0.4, 0.5) is 13.2 Å². The maximum absolute atomic E-state index is 12.5. The van der Waals surface area contributed by atoms with Crippen LogP contribution in [0.25, 0.3) is 0 Å². The van der Waals surface area contributed by atoms with Crippen LogP contribution < -0.4 is 0 Å². The zero-order valence-electron chi connectivity index (χ0n) is 14.6. The highest BCUT2D eigenvalue weighted by molar-refractivity contribution is 5.04. The predicted octanol–water partition coefficient (Wildman–Crippen LogP) is 1.78. The van der Waals surface area contributed by atoms with Crippen molar-refractivity contribution in [3.63, 3.8) is 0 Å². The van der Waals surface area contributed by atoms with E-state index in [0.717, 1.165) is 63.9 Å². The smallest absolute Gasteiger partial charge is 0.379 e. The highest BCUT2D eigenvalue weighted by Crippen LogP contribution is 2.27. The predicted molar refractivity (Wildman–Crippen MR) is 86.2 cm³/mol. The molecule has 2 aliphatic heterocycles. The minimum absolute atomic E-state index is 0.0679. The molecule has 25 heavy (non-hydrogen) atoms. The molecule has 0 amide bonds. The van der Waals surface area contributed by atoms with Crippen LogP contribution in [0, 0.1) is 0 Å². The molecule has 0 N–H and O–H groups in total. The molecule has 0 spiro atoms. The van der Waals surface area contributed by atoms with E-state index in [-0.39, 0.29) is 12.5 Å². The number of piperidine rings is 1. The molecule has 1 atom stereocenters. The lowest BCUT2D eigenvalue weighted by Gasteiger charge is -2.32. The molecule has 0 aromatic carbocycles. The Morgan fingerprint density at radius 3 is 2.60 bits per heavy atom. The third kappa shape index (κ3) is 5.15. The standard InChI is InChI=1S/C16H26F3N5O/c1-22-14(12-24-7-9-25-10-8-24)20-21-15(22)13-3-2-5-23(11-13)6-4-16(17,18)19/h13H,2-12H2,1H3. The number of alkyl halides is 3. The van der Waals surface area contributed by atoms with Crippen LogP contribution >= 0.6 is 0 Å². The Balaban J connectivity index is 1.59. The zero-order valence-corrected chi connectivity index (χ0v) is 14.6. The van der Waals surface area contributed by atoms with E-state index < -0.39 is 12.6 Å². The summed E-state index contributed by atoms with van der Waals surface area (Å²) in [7, 11) is 1.96. The molecule has 0 saturated carbocycles. The molecule has 0 aliphatic carbocycles. The van der Waals surface area contributed by atoms with E-state index >= 15 is 0 Å². The molecule has 142 valence electrons. The quantitative estimate of drug-likeness (QED) is 0.800. The third-order valence-electron chi connectivity index (χ3n) is 5.05. The summed E-state index contributed by atoms with van der Waals surface area (Å²) >= 11 is 0. The molecule has 2 fully saturated rings. The van der Waals surface area contributed by atoms with E-state index in [2.05, 4.69) is 15.1 Å². The van der Waals surface area contributed by atoms with Crippen molar-refractivity contribution in [2.75, 3.05) is 45.9 Å². The average Bonchev–Trinajstić information content (AvgIpc) is 2.94. The zero-order chi connectivity index (χ0) is 17.9. The monoisotopic (exact) mass is 361 g/mol. The molecule has 1 aromatic heterocycles. The van der Waals surface area contributed by atoms with Crippen molar-refractivity contribution in [1.29, 1.82) is 0 Å². The minimum atomic E-state index is -4.09. The highest BCUT2D eigenvalue weighted by atomic mass is 19.4. The first-order valence-corrected chi connectivity index (χ1v) is 8.90. The van der Waals surface area contributed by atoms with Crippen LogP contribution in [0.3, 0.4) is 0 Å². The van der Waals surface area contributed by atoms with Gasteiger partial charge in [-0.3, -0.25) is 4.90 Å². The molecule has 9 heteroatoms. The van der Waals surface area contributed by atoms with Gasteiger partial charge in [0.25, 0.3) is 0 Å². The summed E-state index contributed by atoms with van der Waals surface area (Å²) in [6.07, 6.45) is -3.00. The Kier molecular flexibility index (Phi) is 5.96. The van der Waals surface area contributed by atoms with Gasteiger partial charge in [0, 0.05) is 39.1 Å². The van der Waals surface area contributed by atoms with Gasteiger partial charge in [-0.05, 0) is 19.4 Å². The molecule has 3 heterocycles. The number of hydrogen-bond acceptors (Lipinski definition) is 5. The summed E-state index contributed by atoms with van der Waals surface area (Å²) in [6.45, 7) is 5.40. The van der Waals surface area contributed by atoms with E-state index in [1.807, 2.05) is 16.5 Å². The fourth-order valence-electron chi connectivity index (χ4n) is 3.58. The van der Waals surface area contributed by atoms with Gasteiger partial charge < -0.3 is 14.2 Å². The van der Waals surface area contributed by atoms with Crippen LogP contribution in [0.2, 0.25) is 0 Å². The molecule has 0 bridgehead atoms. The Morgan fingerprint density at radius 2 is 1.88 bits per heavy atom.